The molecule has 27 heavy (non-hydrogen) atoms. The van der Waals surface area contributed by atoms with Crippen molar-refractivity contribution in [2.75, 3.05) is 32.5 Å². The van der Waals surface area contributed by atoms with Crippen LogP contribution >= 0.6 is 0 Å². The van der Waals surface area contributed by atoms with Crippen LogP contribution in [0.5, 0.6) is 0 Å². The van der Waals surface area contributed by atoms with E-state index >= 15 is 0 Å². The molecule has 0 aromatic carbocycles. The van der Waals surface area contributed by atoms with Crippen molar-refractivity contribution in [3.8, 4) is 0 Å². The third kappa shape index (κ3) is 3.55. The second-order valence-corrected chi connectivity index (χ2v) is 9.69. The predicted molar refractivity (Wildman–Crippen MR) is 95.6 cm³/mol. The number of hydrogen-bond acceptors (Lipinski definition) is 7. The van der Waals surface area contributed by atoms with E-state index in [0.29, 0.717) is 45.4 Å². The van der Waals surface area contributed by atoms with Crippen molar-refractivity contribution in [2.24, 2.45) is 0 Å². The van der Waals surface area contributed by atoms with Gasteiger partial charge in [-0.1, -0.05) is 0 Å². The summed E-state index contributed by atoms with van der Waals surface area (Å²) >= 11 is 0.484. The predicted octanol–water partition coefficient (Wildman–Crippen LogP) is 0.285. The van der Waals surface area contributed by atoms with E-state index in [1.165, 1.54) is 5.57 Å². The Labute approximate surface area is 173 Å². The van der Waals surface area contributed by atoms with Crippen LogP contribution in [-0.2, 0) is 36.0 Å². The molecule has 139 valence electrons. The number of piperidine rings is 1. The zero-order valence-electron chi connectivity index (χ0n) is 15.3. The number of ether oxygens (including phenoxy) is 1. The minimum atomic E-state index is 0.131. The SMILES string of the molecule is COCC1CCC(c2cc(N)n3ncc(C4=C[N]([Hg])NC4)c3n2)CN1C=O. The van der Waals surface area contributed by atoms with Crippen LogP contribution in [0.3, 0.4) is 0 Å². The van der Waals surface area contributed by atoms with Gasteiger partial charge in [0.05, 0.1) is 0 Å². The van der Waals surface area contributed by atoms with Gasteiger partial charge in [0.25, 0.3) is 0 Å². The fourth-order valence-corrected chi connectivity index (χ4v) is 5.16. The van der Waals surface area contributed by atoms with E-state index in [2.05, 4.69) is 19.5 Å². The first kappa shape index (κ1) is 18.6. The molecule has 2 aromatic rings. The van der Waals surface area contributed by atoms with Gasteiger partial charge in [-0.25, -0.2) is 0 Å². The number of carbonyl (C=O) groups is 1. The van der Waals surface area contributed by atoms with Crippen molar-refractivity contribution in [1.82, 2.24) is 27.7 Å². The fourth-order valence-electron chi connectivity index (χ4n) is 3.87. The number of likely N-dealkylation sites (tertiary alicyclic amines) is 1. The maximum atomic E-state index is 11.5. The van der Waals surface area contributed by atoms with E-state index in [1.807, 2.05) is 17.2 Å². The van der Waals surface area contributed by atoms with Crippen LogP contribution in [0.15, 0.2) is 18.5 Å². The monoisotopic (exact) mass is 558 g/mol. The molecule has 1 saturated heterocycles. The number of nitrogens with one attached hydrogen (secondary N) is 1. The number of fused-ring (bicyclic) bond motifs is 1. The Morgan fingerprint density at radius 3 is 3.04 bits per heavy atom. The Hall–Kier alpha value is -1.71. The summed E-state index contributed by atoms with van der Waals surface area (Å²) in [6.07, 6.45) is 6.71. The van der Waals surface area contributed by atoms with Crippen molar-refractivity contribution in [2.45, 2.75) is 24.8 Å². The summed E-state index contributed by atoms with van der Waals surface area (Å²) in [5, 5.41) is 4.42. The molecular formula is C17H22HgN7O2. The van der Waals surface area contributed by atoms with Gasteiger partial charge in [-0.05, 0) is 0 Å². The number of hydrogen-bond donors (Lipinski definition) is 2. The number of nitrogen functional groups attached to an aromatic ring is 1. The van der Waals surface area contributed by atoms with Crippen molar-refractivity contribution in [3.05, 3.63) is 29.7 Å². The van der Waals surface area contributed by atoms with Crippen LogP contribution < -0.4 is 11.2 Å². The van der Waals surface area contributed by atoms with Gasteiger partial charge >= 0.3 is 162 Å². The van der Waals surface area contributed by atoms with Crippen LogP contribution in [0.2, 0.25) is 0 Å². The first-order chi connectivity index (χ1) is 13.1. The molecule has 2 aromatic heterocycles. The van der Waals surface area contributed by atoms with Gasteiger partial charge in [0.15, 0.2) is 0 Å². The summed E-state index contributed by atoms with van der Waals surface area (Å²) < 4.78 is 9.05. The third-order valence-corrected chi connectivity index (χ3v) is 6.89. The van der Waals surface area contributed by atoms with Crippen molar-refractivity contribution < 1.29 is 36.0 Å². The van der Waals surface area contributed by atoms with E-state index in [9.17, 15) is 4.79 Å². The second kappa shape index (κ2) is 7.73. The van der Waals surface area contributed by atoms with E-state index in [1.54, 1.807) is 11.6 Å². The van der Waals surface area contributed by atoms with Gasteiger partial charge in [0.2, 0.25) is 0 Å². The van der Waals surface area contributed by atoms with Crippen molar-refractivity contribution in [1.29, 1.82) is 0 Å². The molecule has 0 spiro atoms. The molecular weight excluding hydrogens is 535 g/mol. The number of rotatable bonds is 5. The van der Waals surface area contributed by atoms with E-state index < -0.39 is 0 Å². The summed E-state index contributed by atoms with van der Waals surface area (Å²) in [5.74, 6) is 0.725. The number of aromatic nitrogens is 3. The van der Waals surface area contributed by atoms with Gasteiger partial charge in [0, 0.05) is 7.11 Å². The average molecular weight is 557 g/mol. The van der Waals surface area contributed by atoms with Crippen LogP contribution in [0.25, 0.3) is 11.2 Å². The Morgan fingerprint density at radius 1 is 1.48 bits per heavy atom. The van der Waals surface area contributed by atoms with Crippen LogP contribution in [0.4, 0.5) is 5.82 Å². The van der Waals surface area contributed by atoms with Gasteiger partial charge in [-0.2, -0.15) is 0 Å². The summed E-state index contributed by atoms with van der Waals surface area (Å²) in [4.78, 5) is 18.2. The fraction of sp³-hybridized carbons (Fsp3) is 0.471. The number of carbonyl (C=O) groups excluding carboxylic acids is 1. The van der Waals surface area contributed by atoms with Gasteiger partial charge in [0.1, 0.15) is 0 Å². The van der Waals surface area contributed by atoms with Crippen LogP contribution in [-0.4, -0.2) is 61.5 Å². The molecule has 0 radical (unpaired) electrons. The number of methoxy groups -OCH3 is 1. The molecule has 1 amide bonds. The van der Waals surface area contributed by atoms with Gasteiger partial charge in [-0.15, -0.1) is 0 Å². The topological polar surface area (TPSA) is 101 Å². The molecule has 2 aliphatic rings. The van der Waals surface area contributed by atoms with Crippen molar-refractivity contribution in [3.63, 3.8) is 0 Å². The number of nitrogens with two attached hydrogens (primary N) is 1. The first-order valence-electron chi connectivity index (χ1n) is 8.99. The molecule has 9 nitrogen and oxygen atoms in total. The number of anilines is 1. The Kier molecular flexibility index (Phi) is 5.33. The zero-order valence-corrected chi connectivity index (χ0v) is 20.8. The summed E-state index contributed by atoms with van der Waals surface area (Å²) in [5.41, 5.74) is 13.5. The van der Waals surface area contributed by atoms with E-state index in [0.717, 1.165) is 42.7 Å². The molecule has 3 N–H and O–H groups in total. The molecule has 4 heterocycles. The van der Waals surface area contributed by atoms with E-state index in [-0.39, 0.29) is 12.0 Å². The second-order valence-electron chi connectivity index (χ2n) is 7.04. The van der Waals surface area contributed by atoms with Crippen molar-refractivity contribution >= 4 is 23.4 Å². The molecule has 2 unspecified atom stereocenters. The third-order valence-electron chi connectivity index (χ3n) is 5.31. The zero-order chi connectivity index (χ0) is 19.0. The van der Waals surface area contributed by atoms with E-state index in [4.69, 9.17) is 15.5 Å². The number of nitrogens with zero attached hydrogens (tertiary/aromatic N) is 5. The summed E-state index contributed by atoms with van der Waals surface area (Å²) in [6, 6.07) is 2.02. The van der Waals surface area contributed by atoms with Gasteiger partial charge in [-0.3, -0.25) is 0 Å². The summed E-state index contributed by atoms with van der Waals surface area (Å²) in [7, 11) is 1.67. The molecule has 1 fully saturated rings. The standard InChI is InChI=1S/C17H22N7O2.Hg/c1-26-9-13-3-2-11(8-23(13)10-25)15-4-16(18)24-17(22-15)14(7-21-24)12-5-19-20-6-12;/h4-5,7,10-11,13,20H,2-3,6,8-9H2,1H3,(H2,18,21,22);/q-1;+1. The minimum absolute atomic E-state index is 0.131. The Bertz CT molecular complexity index is 884. The maximum absolute atomic E-state index is 11.5. The first-order valence-corrected chi connectivity index (χ1v) is 11.4. The normalized spacial score (nSPS) is 23.1. The Balaban J connectivity index is 1.67. The molecule has 0 aliphatic carbocycles. The average Bonchev–Trinajstić information content (AvgIpc) is 3.28. The quantitative estimate of drug-likeness (QED) is 0.403. The molecule has 10 heteroatoms. The molecule has 2 atom stereocenters. The van der Waals surface area contributed by atoms with Crippen LogP contribution in [0.1, 0.15) is 30.0 Å². The molecule has 4 rings (SSSR count). The molecule has 2 aliphatic heterocycles. The number of amides is 1. The molecule has 0 saturated carbocycles. The van der Waals surface area contributed by atoms with Gasteiger partial charge < -0.3 is 4.74 Å². The molecule has 0 bridgehead atoms. The Morgan fingerprint density at radius 2 is 2.33 bits per heavy atom. The van der Waals surface area contributed by atoms with Crippen LogP contribution in [0, 0.1) is 0 Å². The number of hydrazine groups is 1. The summed E-state index contributed by atoms with van der Waals surface area (Å²) in [6.45, 7) is 1.97.